The molecule has 2 N–H and O–H groups in total. The van der Waals surface area contributed by atoms with E-state index in [0.717, 1.165) is 37.8 Å². The molecule has 0 bridgehead atoms. The summed E-state index contributed by atoms with van der Waals surface area (Å²) in [6.07, 6.45) is 3.90. The number of hydrogen-bond donors (Lipinski definition) is 2. The van der Waals surface area contributed by atoms with Crippen molar-refractivity contribution >= 4 is 11.8 Å². The molecule has 1 aromatic carbocycles. The molecule has 0 saturated carbocycles. The Morgan fingerprint density at radius 3 is 2.82 bits per heavy atom. The third kappa shape index (κ3) is 4.56. The summed E-state index contributed by atoms with van der Waals surface area (Å²) in [5.41, 5.74) is 1.74. The second-order valence-corrected chi connectivity index (χ2v) is 5.94. The highest BCUT2D eigenvalue weighted by Gasteiger charge is 2.19. The number of carbonyl (C=O) groups excluding carboxylic acids is 2. The average molecular weight is 303 g/mol. The van der Waals surface area contributed by atoms with Crippen molar-refractivity contribution in [2.75, 3.05) is 27.2 Å². The van der Waals surface area contributed by atoms with E-state index in [0.29, 0.717) is 12.1 Å². The van der Waals surface area contributed by atoms with Crippen LogP contribution < -0.4 is 10.6 Å². The fourth-order valence-electron chi connectivity index (χ4n) is 2.65. The van der Waals surface area contributed by atoms with Gasteiger partial charge >= 0.3 is 0 Å². The van der Waals surface area contributed by atoms with Crippen LogP contribution in [0.3, 0.4) is 0 Å². The number of rotatable bonds is 5. The van der Waals surface area contributed by atoms with Gasteiger partial charge in [-0.15, -0.1) is 0 Å². The molecule has 2 amide bonds. The Bertz CT molecular complexity index is 522. The highest BCUT2D eigenvalue weighted by molar-refractivity contribution is 5.94. The lowest BCUT2D eigenvalue weighted by Crippen LogP contribution is -2.47. The highest BCUT2D eigenvalue weighted by Crippen LogP contribution is 2.09. The topological polar surface area (TPSA) is 61.4 Å². The fraction of sp³-hybridized carbons (Fsp3) is 0.529. The molecule has 5 nitrogen and oxygen atoms in total. The Labute approximate surface area is 132 Å². The van der Waals surface area contributed by atoms with Crippen LogP contribution in [0.2, 0.25) is 0 Å². The van der Waals surface area contributed by atoms with Gasteiger partial charge in [-0.25, -0.2) is 0 Å². The first kappa shape index (κ1) is 16.5. The van der Waals surface area contributed by atoms with Gasteiger partial charge in [0.1, 0.15) is 0 Å². The third-order valence-corrected chi connectivity index (χ3v) is 3.92. The van der Waals surface area contributed by atoms with Crippen molar-refractivity contribution in [2.24, 2.45) is 0 Å². The second kappa shape index (κ2) is 7.94. The van der Waals surface area contributed by atoms with Crippen LogP contribution in [-0.4, -0.2) is 49.9 Å². The zero-order chi connectivity index (χ0) is 15.9. The summed E-state index contributed by atoms with van der Waals surface area (Å²) in [5.74, 6) is 0.0810. The Morgan fingerprint density at radius 2 is 2.14 bits per heavy atom. The SMILES string of the molecule is CN(C)C(=O)c1cccc(CCNC(=O)C2CCCCN2)c1. The fourth-order valence-corrected chi connectivity index (χ4v) is 2.65. The van der Waals surface area contributed by atoms with Crippen LogP contribution in [0, 0.1) is 0 Å². The van der Waals surface area contributed by atoms with Gasteiger partial charge in [-0.3, -0.25) is 9.59 Å². The summed E-state index contributed by atoms with van der Waals surface area (Å²) in [6.45, 7) is 1.52. The summed E-state index contributed by atoms with van der Waals surface area (Å²) in [4.78, 5) is 25.5. The number of nitrogens with one attached hydrogen (secondary N) is 2. The van der Waals surface area contributed by atoms with Crippen LogP contribution in [0.5, 0.6) is 0 Å². The average Bonchev–Trinajstić information content (AvgIpc) is 2.55. The molecule has 1 fully saturated rings. The Morgan fingerprint density at radius 1 is 1.32 bits per heavy atom. The maximum atomic E-state index is 12.0. The van der Waals surface area contributed by atoms with Gasteiger partial charge in [0.05, 0.1) is 6.04 Å². The summed E-state index contributed by atoms with van der Waals surface area (Å²) in [6, 6.07) is 7.54. The maximum Gasteiger partial charge on any atom is 0.253 e. The van der Waals surface area contributed by atoms with Gasteiger partial charge in [-0.1, -0.05) is 18.6 Å². The lowest BCUT2D eigenvalue weighted by molar-refractivity contribution is -0.123. The number of benzene rings is 1. The van der Waals surface area contributed by atoms with Crippen molar-refractivity contribution in [1.29, 1.82) is 0 Å². The van der Waals surface area contributed by atoms with Crippen LogP contribution in [-0.2, 0) is 11.2 Å². The molecule has 1 unspecified atom stereocenters. The number of piperidine rings is 1. The molecule has 0 aliphatic carbocycles. The molecule has 22 heavy (non-hydrogen) atoms. The molecular formula is C17H25N3O2. The molecule has 120 valence electrons. The van der Waals surface area contributed by atoms with Gasteiger partial charge < -0.3 is 15.5 Å². The molecule has 0 spiro atoms. The van der Waals surface area contributed by atoms with Gasteiger partial charge in [0.2, 0.25) is 5.91 Å². The Hall–Kier alpha value is -1.88. The van der Waals surface area contributed by atoms with E-state index in [9.17, 15) is 9.59 Å². The van der Waals surface area contributed by atoms with Crippen molar-refractivity contribution in [2.45, 2.75) is 31.7 Å². The van der Waals surface area contributed by atoms with Crippen LogP contribution in [0.15, 0.2) is 24.3 Å². The smallest absolute Gasteiger partial charge is 0.253 e. The third-order valence-electron chi connectivity index (χ3n) is 3.92. The standard InChI is InChI=1S/C17H25N3O2/c1-20(2)17(22)14-7-5-6-13(12-14)9-11-19-16(21)15-8-3-4-10-18-15/h5-7,12,15,18H,3-4,8-11H2,1-2H3,(H,19,21). The summed E-state index contributed by atoms with van der Waals surface area (Å²) < 4.78 is 0. The second-order valence-electron chi connectivity index (χ2n) is 5.94. The number of hydrogen-bond acceptors (Lipinski definition) is 3. The van der Waals surface area contributed by atoms with E-state index in [2.05, 4.69) is 10.6 Å². The van der Waals surface area contributed by atoms with Crippen molar-refractivity contribution in [3.63, 3.8) is 0 Å². The molecule has 1 aliphatic heterocycles. The van der Waals surface area contributed by atoms with Gasteiger partial charge in [-0.05, 0) is 43.5 Å². The Kier molecular flexibility index (Phi) is 5.95. The number of amides is 2. The van der Waals surface area contributed by atoms with E-state index >= 15 is 0 Å². The van der Waals surface area contributed by atoms with Crippen molar-refractivity contribution in [3.8, 4) is 0 Å². The predicted octanol–water partition coefficient (Wildman–Crippen LogP) is 1.19. The van der Waals surface area contributed by atoms with Crippen LogP contribution >= 0.6 is 0 Å². The first-order chi connectivity index (χ1) is 10.6. The minimum absolute atomic E-state index is 0.00251. The molecule has 1 atom stereocenters. The van der Waals surface area contributed by atoms with E-state index in [1.54, 1.807) is 19.0 Å². The summed E-state index contributed by atoms with van der Waals surface area (Å²) >= 11 is 0. The molecule has 1 aromatic rings. The molecule has 1 aliphatic rings. The van der Waals surface area contributed by atoms with Crippen molar-refractivity contribution in [3.05, 3.63) is 35.4 Å². The van der Waals surface area contributed by atoms with Crippen LogP contribution in [0.25, 0.3) is 0 Å². The molecule has 0 radical (unpaired) electrons. The van der Waals surface area contributed by atoms with E-state index in [1.807, 2.05) is 24.3 Å². The predicted molar refractivity (Wildman–Crippen MR) is 86.8 cm³/mol. The maximum absolute atomic E-state index is 12.0. The van der Waals surface area contributed by atoms with E-state index in [-0.39, 0.29) is 17.9 Å². The molecule has 5 heteroatoms. The zero-order valence-corrected chi connectivity index (χ0v) is 13.4. The van der Waals surface area contributed by atoms with Crippen molar-refractivity contribution < 1.29 is 9.59 Å². The highest BCUT2D eigenvalue weighted by atomic mass is 16.2. The molecule has 0 aromatic heterocycles. The zero-order valence-electron chi connectivity index (χ0n) is 13.4. The quantitative estimate of drug-likeness (QED) is 0.859. The largest absolute Gasteiger partial charge is 0.354 e. The van der Waals surface area contributed by atoms with Gasteiger partial charge in [0, 0.05) is 26.2 Å². The van der Waals surface area contributed by atoms with E-state index in [1.165, 1.54) is 0 Å². The van der Waals surface area contributed by atoms with Crippen LogP contribution in [0.1, 0.15) is 35.2 Å². The van der Waals surface area contributed by atoms with Gasteiger partial charge in [0.15, 0.2) is 0 Å². The minimum atomic E-state index is -0.0459. The molecule has 2 rings (SSSR count). The first-order valence-corrected chi connectivity index (χ1v) is 7.89. The van der Waals surface area contributed by atoms with Crippen molar-refractivity contribution in [1.82, 2.24) is 15.5 Å². The van der Waals surface area contributed by atoms with E-state index in [4.69, 9.17) is 0 Å². The van der Waals surface area contributed by atoms with Gasteiger partial charge in [-0.2, -0.15) is 0 Å². The summed E-state index contributed by atoms with van der Waals surface area (Å²) in [7, 11) is 3.48. The number of carbonyl (C=O) groups is 2. The molecular weight excluding hydrogens is 278 g/mol. The lowest BCUT2D eigenvalue weighted by Gasteiger charge is -2.22. The minimum Gasteiger partial charge on any atom is -0.354 e. The normalized spacial score (nSPS) is 17.8. The van der Waals surface area contributed by atoms with Gasteiger partial charge in [0.25, 0.3) is 5.91 Å². The van der Waals surface area contributed by atoms with E-state index < -0.39 is 0 Å². The van der Waals surface area contributed by atoms with Crippen LogP contribution in [0.4, 0.5) is 0 Å². The molecule has 1 saturated heterocycles. The Balaban J connectivity index is 1.82. The molecule has 1 heterocycles. The first-order valence-electron chi connectivity index (χ1n) is 7.89. The number of nitrogens with zero attached hydrogens (tertiary/aromatic N) is 1. The summed E-state index contributed by atoms with van der Waals surface area (Å²) in [5, 5.41) is 6.22. The monoisotopic (exact) mass is 303 g/mol. The lowest BCUT2D eigenvalue weighted by atomic mass is 10.0.